The monoisotopic (exact) mass is 218 g/mol. The van der Waals surface area contributed by atoms with Crippen LogP contribution in [-0.4, -0.2) is 0 Å². The van der Waals surface area contributed by atoms with Crippen molar-refractivity contribution in [2.24, 2.45) is 5.73 Å². The van der Waals surface area contributed by atoms with Gasteiger partial charge in [-0.25, -0.2) is 17.6 Å². The number of hydrogen-bond donors (Lipinski definition) is 1. The minimum Gasteiger partial charge on any atom is -0.323 e. The molecule has 6 heteroatoms. The number of nitrogens with two attached hydrogens (primary N) is 1. The highest BCUT2D eigenvalue weighted by Crippen LogP contribution is 2.25. The van der Waals surface area contributed by atoms with Crippen LogP contribution in [0.3, 0.4) is 0 Å². The van der Waals surface area contributed by atoms with E-state index in [-0.39, 0.29) is 6.07 Å². The summed E-state index contributed by atoms with van der Waals surface area (Å²) in [5.74, 6) is -6.18. The van der Waals surface area contributed by atoms with Gasteiger partial charge in [-0.2, -0.15) is 5.26 Å². The van der Waals surface area contributed by atoms with Crippen LogP contribution in [0, 0.1) is 34.6 Å². The van der Waals surface area contributed by atoms with Gasteiger partial charge >= 0.3 is 0 Å². The van der Waals surface area contributed by atoms with Crippen molar-refractivity contribution in [2.45, 2.75) is 12.5 Å². The van der Waals surface area contributed by atoms with Crippen molar-refractivity contribution in [3.63, 3.8) is 0 Å². The first-order valence-corrected chi connectivity index (χ1v) is 3.94. The molecule has 0 unspecified atom stereocenters. The lowest BCUT2D eigenvalue weighted by Crippen LogP contribution is -2.15. The number of hydrogen-bond acceptors (Lipinski definition) is 2. The Morgan fingerprint density at radius 3 is 2.07 bits per heavy atom. The summed E-state index contributed by atoms with van der Waals surface area (Å²) < 4.78 is 51.5. The van der Waals surface area contributed by atoms with Crippen molar-refractivity contribution < 1.29 is 17.6 Å². The largest absolute Gasteiger partial charge is 0.323 e. The van der Waals surface area contributed by atoms with Gasteiger partial charge in [0.15, 0.2) is 23.3 Å². The van der Waals surface area contributed by atoms with Gasteiger partial charge in [0.1, 0.15) is 0 Å². The van der Waals surface area contributed by atoms with Crippen molar-refractivity contribution >= 4 is 0 Å². The molecule has 80 valence electrons. The molecular weight excluding hydrogens is 212 g/mol. The Morgan fingerprint density at radius 2 is 1.67 bits per heavy atom. The predicted octanol–water partition coefficient (Wildman–Crippen LogP) is 2.16. The van der Waals surface area contributed by atoms with Crippen molar-refractivity contribution in [1.29, 1.82) is 5.26 Å². The zero-order valence-corrected chi connectivity index (χ0v) is 7.40. The maximum atomic E-state index is 13.0. The lowest BCUT2D eigenvalue weighted by Gasteiger charge is -2.11. The van der Waals surface area contributed by atoms with Crippen LogP contribution in [0.4, 0.5) is 17.6 Å². The molecule has 0 aromatic heterocycles. The number of benzene rings is 1. The van der Waals surface area contributed by atoms with E-state index in [0.29, 0.717) is 0 Å². The first-order chi connectivity index (χ1) is 6.99. The van der Waals surface area contributed by atoms with E-state index >= 15 is 0 Å². The Balaban J connectivity index is 3.33. The third kappa shape index (κ3) is 2.07. The van der Waals surface area contributed by atoms with E-state index in [1.807, 2.05) is 0 Å². The molecule has 0 aliphatic rings. The maximum Gasteiger partial charge on any atom is 0.166 e. The van der Waals surface area contributed by atoms with Crippen LogP contribution in [0.2, 0.25) is 0 Å². The van der Waals surface area contributed by atoms with Crippen LogP contribution in [0.1, 0.15) is 18.0 Å². The Kier molecular flexibility index (Phi) is 3.27. The van der Waals surface area contributed by atoms with Crippen molar-refractivity contribution in [3.05, 3.63) is 34.9 Å². The lowest BCUT2D eigenvalue weighted by atomic mass is 10.0. The smallest absolute Gasteiger partial charge is 0.166 e. The molecule has 0 aliphatic heterocycles. The summed E-state index contributed by atoms with van der Waals surface area (Å²) in [6, 6.07) is 0.258. The number of nitriles is 1. The first kappa shape index (κ1) is 11.5. The number of rotatable bonds is 2. The topological polar surface area (TPSA) is 49.8 Å². The molecule has 2 nitrogen and oxygen atoms in total. The third-order valence-corrected chi connectivity index (χ3v) is 1.83. The fraction of sp³-hybridized carbons (Fsp3) is 0.222. The van der Waals surface area contributed by atoms with Gasteiger partial charge in [0.25, 0.3) is 0 Å². The molecule has 0 bridgehead atoms. The van der Waals surface area contributed by atoms with Gasteiger partial charge in [-0.15, -0.1) is 0 Å². The van der Waals surface area contributed by atoms with Gasteiger partial charge in [0.2, 0.25) is 0 Å². The van der Waals surface area contributed by atoms with Crippen LogP contribution in [0.15, 0.2) is 6.07 Å². The minimum atomic E-state index is -1.56. The molecule has 0 aliphatic carbocycles. The second-order valence-corrected chi connectivity index (χ2v) is 2.85. The van der Waals surface area contributed by atoms with Gasteiger partial charge in [-0.3, -0.25) is 0 Å². The standard InChI is InChI=1S/C9H6F4N2/c10-4-3-5(11)9(13)7(8(4)12)6(15)1-2-14/h3,6H,1,15H2/t6-/m0/s1. The van der Waals surface area contributed by atoms with E-state index < -0.39 is 41.3 Å². The Bertz CT molecular complexity index is 399. The zero-order valence-electron chi connectivity index (χ0n) is 7.40. The van der Waals surface area contributed by atoms with Gasteiger partial charge in [0, 0.05) is 17.7 Å². The minimum absolute atomic E-state index is 0.0905. The fourth-order valence-electron chi connectivity index (χ4n) is 1.12. The summed E-state index contributed by atoms with van der Waals surface area (Å²) in [6.45, 7) is 0. The molecule has 1 aromatic carbocycles. The molecule has 0 amide bonds. The van der Waals surface area contributed by atoms with Crippen molar-refractivity contribution in [1.82, 2.24) is 0 Å². The Hall–Kier alpha value is -1.61. The summed E-state index contributed by atoms with van der Waals surface area (Å²) in [5.41, 5.74) is 4.27. The second-order valence-electron chi connectivity index (χ2n) is 2.85. The van der Waals surface area contributed by atoms with Gasteiger partial charge in [0.05, 0.1) is 12.5 Å². The molecular formula is C9H6F4N2. The first-order valence-electron chi connectivity index (χ1n) is 3.94. The maximum absolute atomic E-state index is 13.0. The second kappa shape index (κ2) is 4.28. The van der Waals surface area contributed by atoms with E-state index in [2.05, 4.69) is 0 Å². The Morgan fingerprint density at radius 1 is 1.20 bits per heavy atom. The average molecular weight is 218 g/mol. The van der Waals surface area contributed by atoms with E-state index in [1.165, 1.54) is 0 Å². The predicted molar refractivity (Wildman–Crippen MR) is 43.4 cm³/mol. The summed E-state index contributed by atoms with van der Waals surface area (Å²) in [5, 5.41) is 8.26. The fourth-order valence-corrected chi connectivity index (χ4v) is 1.12. The van der Waals surface area contributed by atoms with Crippen molar-refractivity contribution in [3.8, 4) is 6.07 Å². The summed E-state index contributed by atoms with van der Waals surface area (Å²) >= 11 is 0. The quantitative estimate of drug-likeness (QED) is 0.610. The summed E-state index contributed by atoms with van der Waals surface area (Å²) in [6.07, 6.45) is -0.434. The molecule has 0 saturated heterocycles. The molecule has 15 heavy (non-hydrogen) atoms. The normalized spacial score (nSPS) is 12.3. The molecule has 0 radical (unpaired) electrons. The zero-order chi connectivity index (χ0) is 11.6. The number of halogens is 4. The Labute approximate surface area is 82.9 Å². The van der Waals surface area contributed by atoms with E-state index in [4.69, 9.17) is 11.0 Å². The highest BCUT2D eigenvalue weighted by molar-refractivity contribution is 5.26. The summed E-state index contributed by atoms with van der Waals surface area (Å²) in [4.78, 5) is 0. The van der Waals surface area contributed by atoms with Crippen LogP contribution < -0.4 is 5.73 Å². The molecule has 2 N–H and O–H groups in total. The van der Waals surface area contributed by atoms with Crippen molar-refractivity contribution in [2.75, 3.05) is 0 Å². The highest BCUT2D eigenvalue weighted by Gasteiger charge is 2.23. The lowest BCUT2D eigenvalue weighted by molar-refractivity contribution is 0.427. The average Bonchev–Trinajstić information content (AvgIpc) is 2.16. The molecule has 1 aromatic rings. The van der Waals surface area contributed by atoms with Gasteiger partial charge in [-0.05, 0) is 0 Å². The van der Waals surface area contributed by atoms with E-state index in [9.17, 15) is 17.6 Å². The van der Waals surface area contributed by atoms with E-state index in [1.54, 1.807) is 6.07 Å². The van der Waals surface area contributed by atoms with Crippen LogP contribution in [0.25, 0.3) is 0 Å². The summed E-state index contributed by atoms with van der Waals surface area (Å²) in [7, 11) is 0. The van der Waals surface area contributed by atoms with Crippen LogP contribution >= 0.6 is 0 Å². The molecule has 0 heterocycles. The highest BCUT2D eigenvalue weighted by atomic mass is 19.2. The van der Waals surface area contributed by atoms with Gasteiger partial charge < -0.3 is 5.73 Å². The van der Waals surface area contributed by atoms with E-state index in [0.717, 1.165) is 0 Å². The molecule has 1 atom stereocenters. The SMILES string of the molecule is N#CC[C@H](N)c1c(F)c(F)cc(F)c1F. The van der Waals surface area contributed by atoms with Crippen LogP contribution in [0.5, 0.6) is 0 Å². The molecule has 1 rings (SSSR count). The molecule has 0 saturated carbocycles. The molecule has 0 fully saturated rings. The molecule has 0 spiro atoms. The number of nitrogens with zero attached hydrogens (tertiary/aromatic N) is 1. The van der Waals surface area contributed by atoms with Gasteiger partial charge in [-0.1, -0.05) is 0 Å². The van der Waals surface area contributed by atoms with Crippen LogP contribution in [-0.2, 0) is 0 Å². The third-order valence-electron chi connectivity index (χ3n) is 1.83.